The van der Waals surface area contributed by atoms with E-state index in [-0.39, 0.29) is 30.4 Å². The van der Waals surface area contributed by atoms with E-state index in [0.717, 1.165) is 0 Å². The summed E-state index contributed by atoms with van der Waals surface area (Å²) < 4.78 is 16.1. The normalized spacial score (nSPS) is 27.0. The van der Waals surface area contributed by atoms with Crippen LogP contribution in [-0.4, -0.2) is 42.3 Å². The molecule has 0 aromatic carbocycles. The van der Waals surface area contributed by atoms with Gasteiger partial charge in [-0.25, -0.2) is 9.59 Å². The summed E-state index contributed by atoms with van der Waals surface area (Å²) in [5.74, 6) is 0.347. The molecule has 0 radical (unpaired) electrons. The number of carbonyl (C=O) groups excluding carboxylic acids is 2. The van der Waals surface area contributed by atoms with Crippen LogP contribution >= 0.6 is 23.2 Å². The molecule has 0 aliphatic heterocycles. The van der Waals surface area contributed by atoms with Gasteiger partial charge in [-0.3, -0.25) is 0 Å². The van der Waals surface area contributed by atoms with Gasteiger partial charge in [0.15, 0.2) is 11.2 Å². The minimum absolute atomic E-state index is 0.0829. The molecule has 0 aromatic heterocycles. The van der Waals surface area contributed by atoms with Gasteiger partial charge in [0.2, 0.25) is 0 Å². The summed E-state index contributed by atoms with van der Waals surface area (Å²) in [5, 5.41) is 0. The van der Waals surface area contributed by atoms with Crippen molar-refractivity contribution in [3.63, 3.8) is 0 Å². The lowest BCUT2D eigenvalue weighted by molar-refractivity contribution is -0.144. The van der Waals surface area contributed by atoms with E-state index in [4.69, 9.17) is 48.9 Å². The van der Waals surface area contributed by atoms with Crippen LogP contribution in [0.15, 0.2) is 23.5 Å². The summed E-state index contributed by atoms with van der Waals surface area (Å²) in [4.78, 5) is 22.7. The van der Waals surface area contributed by atoms with E-state index < -0.39 is 23.4 Å². The van der Waals surface area contributed by atoms with Crippen molar-refractivity contribution in [1.82, 2.24) is 0 Å². The van der Waals surface area contributed by atoms with E-state index in [0.29, 0.717) is 5.57 Å². The maximum atomic E-state index is 11.5. The van der Waals surface area contributed by atoms with E-state index in [1.807, 2.05) is 0 Å². The fourth-order valence-electron chi connectivity index (χ4n) is 2.88. The van der Waals surface area contributed by atoms with Crippen molar-refractivity contribution in [2.24, 2.45) is 11.5 Å². The quantitative estimate of drug-likeness (QED) is 0.671. The number of methoxy groups -OCH3 is 1. The number of allylic oxidation sites excluding steroid dienone is 2. The van der Waals surface area contributed by atoms with Gasteiger partial charge in [0.25, 0.3) is 0 Å². The van der Waals surface area contributed by atoms with Gasteiger partial charge in [0, 0.05) is 31.7 Å². The molecule has 0 aromatic rings. The number of rotatable bonds is 7. The Kier molecular flexibility index (Phi) is 6.73. The molecule has 9 heteroatoms. The Bertz CT molecular complexity index is 537. The average molecular weight is 367 g/mol. The third kappa shape index (κ3) is 3.91. The fraction of sp³-hybridized carbons (Fsp3) is 0.571. The van der Waals surface area contributed by atoms with Crippen molar-refractivity contribution in [2.45, 2.75) is 31.0 Å². The van der Waals surface area contributed by atoms with Crippen LogP contribution in [0.25, 0.3) is 0 Å². The summed E-state index contributed by atoms with van der Waals surface area (Å²) >= 11 is 11.8. The highest BCUT2D eigenvalue weighted by Crippen LogP contribution is 2.47. The molecule has 0 fully saturated rings. The van der Waals surface area contributed by atoms with Gasteiger partial charge in [0.1, 0.15) is 5.76 Å². The van der Waals surface area contributed by atoms with E-state index in [1.165, 1.54) is 7.11 Å². The van der Waals surface area contributed by atoms with E-state index in [9.17, 15) is 9.59 Å². The lowest BCUT2D eigenvalue weighted by Crippen LogP contribution is -2.61. The molecular weight excluding hydrogens is 347 g/mol. The van der Waals surface area contributed by atoms with Crippen LogP contribution in [0, 0.1) is 0 Å². The molecule has 1 aliphatic carbocycles. The second kappa shape index (κ2) is 7.90. The molecule has 130 valence electrons. The van der Waals surface area contributed by atoms with E-state index in [1.54, 1.807) is 19.1 Å². The number of amides is 2. The average Bonchev–Trinajstić information content (AvgIpc) is 2.41. The molecule has 1 rings (SSSR count). The Morgan fingerprint density at radius 1 is 1.17 bits per heavy atom. The first-order valence-electron chi connectivity index (χ1n) is 6.81. The predicted octanol–water partition coefficient (Wildman–Crippen LogP) is 2.40. The smallest absolute Gasteiger partial charge is 0.409 e. The zero-order chi connectivity index (χ0) is 17.7. The van der Waals surface area contributed by atoms with Crippen molar-refractivity contribution in [1.29, 1.82) is 0 Å². The summed E-state index contributed by atoms with van der Waals surface area (Å²) in [6.45, 7) is 1.73. The summed E-state index contributed by atoms with van der Waals surface area (Å²) in [6, 6.07) is 0. The molecule has 0 bridgehead atoms. The number of carbonyl (C=O) groups is 2. The van der Waals surface area contributed by atoms with E-state index in [2.05, 4.69) is 0 Å². The molecule has 2 amide bonds. The zero-order valence-electron chi connectivity index (χ0n) is 12.9. The topological polar surface area (TPSA) is 114 Å². The van der Waals surface area contributed by atoms with Crippen LogP contribution in [0.2, 0.25) is 0 Å². The Morgan fingerprint density at radius 2 is 1.78 bits per heavy atom. The minimum Gasteiger partial charge on any atom is -0.435 e. The molecule has 0 spiro atoms. The Balaban J connectivity index is 3.57. The number of ether oxygens (including phenoxy) is 3. The first-order chi connectivity index (χ1) is 10.8. The lowest BCUT2D eigenvalue weighted by Gasteiger charge is -2.48. The molecule has 1 aliphatic rings. The zero-order valence-corrected chi connectivity index (χ0v) is 14.4. The number of halogens is 2. The van der Waals surface area contributed by atoms with Crippen molar-refractivity contribution < 1.29 is 23.8 Å². The maximum absolute atomic E-state index is 11.5. The van der Waals surface area contributed by atoms with Crippen LogP contribution in [0.3, 0.4) is 0 Å². The molecule has 2 atom stereocenters. The first kappa shape index (κ1) is 19.6. The minimum atomic E-state index is -1.38. The Morgan fingerprint density at radius 3 is 2.22 bits per heavy atom. The summed E-state index contributed by atoms with van der Waals surface area (Å²) in [7, 11) is 1.38. The highest BCUT2D eigenvalue weighted by molar-refractivity contribution is 6.18. The SMILES string of the molecule is COC1(CCCl)C(OC(N)=O)=CC(C)=CC1(CCCl)OC(N)=O. The lowest BCUT2D eigenvalue weighted by atomic mass is 9.72. The van der Waals surface area contributed by atoms with Gasteiger partial charge in [-0.2, -0.15) is 0 Å². The molecule has 4 N–H and O–H groups in total. The van der Waals surface area contributed by atoms with Crippen LogP contribution < -0.4 is 11.5 Å². The van der Waals surface area contributed by atoms with Crippen LogP contribution in [0.4, 0.5) is 9.59 Å². The molecule has 0 saturated carbocycles. The highest BCUT2D eigenvalue weighted by Gasteiger charge is 2.58. The number of primary amides is 2. The molecule has 2 unspecified atom stereocenters. The van der Waals surface area contributed by atoms with Crippen molar-refractivity contribution in [3.05, 3.63) is 23.5 Å². The monoisotopic (exact) mass is 366 g/mol. The predicted molar refractivity (Wildman–Crippen MR) is 86.3 cm³/mol. The summed E-state index contributed by atoms with van der Waals surface area (Å²) in [5.41, 5.74) is 8.26. The second-order valence-corrected chi connectivity index (χ2v) is 5.79. The van der Waals surface area contributed by atoms with Crippen molar-refractivity contribution in [3.8, 4) is 0 Å². The van der Waals surface area contributed by atoms with Gasteiger partial charge >= 0.3 is 12.2 Å². The molecule has 0 saturated heterocycles. The van der Waals surface area contributed by atoms with Gasteiger partial charge < -0.3 is 25.7 Å². The van der Waals surface area contributed by atoms with Gasteiger partial charge in [-0.1, -0.05) is 0 Å². The number of nitrogens with two attached hydrogens (primary N) is 2. The third-order valence-electron chi connectivity index (χ3n) is 3.66. The third-order valence-corrected chi connectivity index (χ3v) is 4.03. The van der Waals surface area contributed by atoms with Gasteiger partial charge in [-0.05, 0) is 24.6 Å². The van der Waals surface area contributed by atoms with Crippen LogP contribution in [0.1, 0.15) is 19.8 Å². The number of hydrogen-bond donors (Lipinski definition) is 2. The van der Waals surface area contributed by atoms with E-state index >= 15 is 0 Å². The molecule has 7 nitrogen and oxygen atoms in total. The highest BCUT2D eigenvalue weighted by atomic mass is 35.5. The fourth-order valence-corrected chi connectivity index (χ4v) is 3.43. The van der Waals surface area contributed by atoms with Crippen molar-refractivity contribution >= 4 is 35.4 Å². The van der Waals surface area contributed by atoms with Crippen LogP contribution in [0.5, 0.6) is 0 Å². The molecule has 0 heterocycles. The largest absolute Gasteiger partial charge is 0.435 e. The summed E-state index contributed by atoms with van der Waals surface area (Å²) in [6.07, 6.45) is 1.51. The van der Waals surface area contributed by atoms with Crippen LogP contribution in [-0.2, 0) is 14.2 Å². The van der Waals surface area contributed by atoms with Gasteiger partial charge in [-0.15, -0.1) is 23.2 Å². The maximum Gasteiger partial charge on any atom is 0.409 e. The van der Waals surface area contributed by atoms with Gasteiger partial charge in [0.05, 0.1) is 0 Å². The second-order valence-electron chi connectivity index (χ2n) is 5.04. The number of hydrogen-bond acceptors (Lipinski definition) is 5. The Labute approximate surface area is 144 Å². The standard InChI is InChI=1S/C14H20Cl2N2O5/c1-9-7-10(22-11(17)19)14(21-2,4-6-16)13(8-9,3-5-15)23-12(18)20/h7-8H,3-6H2,1-2H3,(H2,17,19)(H2,18,20). The Hall–Kier alpha value is -1.44. The van der Waals surface area contributed by atoms with Crippen molar-refractivity contribution in [2.75, 3.05) is 18.9 Å². The molecule has 23 heavy (non-hydrogen) atoms. The number of alkyl halides is 2. The molecular formula is C14H20Cl2N2O5. The first-order valence-corrected chi connectivity index (χ1v) is 7.88.